The number of hydrogen-bond acceptors (Lipinski definition) is 7. The molecule has 0 bridgehead atoms. The van der Waals surface area contributed by atoms with Gasteiger partial charge in [0.1, 0.15) is 23.1 Å². The molecule has 4 N–H and O–H groups in total. The van der Waals surface area contributed by atoms with Crippen LogP contribution in [0.25, 0.3) is 11.1 Å². The average Bonchev–Trinajstić information content (AvgIpc) is 3.59. The number of nitrogens with zero attached hydrogens (tertiary/aromatic N) is 2. The largest absolute Gasteiger partial charge is 0.508 e. The first-order chi connectivity index (χ1) is 19.4. The molecule has 3 aromatic carbocycles. The van der Waals surface area contributed by atoms with Gasteiger partial charge in [-0.25, -0.2) is 4.39 Å². The molecular weight excluding hydrogens is 529 g/mol. The zero-order chi connectivity index (χ0) is 28.2. The number of nitrogens with one attached hydrogen (secondary N) is 3. The molecule has 2 unspecified atom stereocenters. The van der Waals surface area contributed by atoms with Gasteiger partial charge in [0.15, 0.2) is 0 Å². The van der Waals surface area contributed by atoms with Crippen molar-refractivity contribution in [3.63, 3.8) is 0 Å². The number of benzene rings is 3. The van der Waals surface area contributed by atoms with Gasteiger partial charge in [-0.2, -0.15) is 0 Å². The van der Waals surface area contributed by atoms with Crippen molar-refractivity contribution in [1.82, 2.24) is 20.9 Å². The van der Waals surface area contributed by atoms with Gasteiger partial charge in [0.25, 0.3) is 5.91 Å². The summed E-state index contributed by atoms with van der Waals surface area (Å²) in [5.41, 5.74) is 4.00. The van der Waals surface area contributed by atoms with Crippen LogP contribution < -0.4 is 20.9 Å². The van der Waals surface area contributed by atoms with Crippen LogP contribution in [-0.4, -0.2) is 66.3 Å². The van der Waals surface area contributed by atoms with Gasteiger partial charge < -0.3 is 25.5 Å². The smallest absolute Gasteiger partial charge is 0.255 e. The summed E-state index contributed by atoms with van der Waals surface area (Å²) in [6, 6.07) is 16.2. The molecule has 2 atom stereocenters. The highest BCUT2D eigenvalue weighted by molar-refractivity contribution is 8.00. The van der Waals surface area contributed by atoms with Crippen LogP contribution in [-0.2, 0) is 11.3 Å². The highest BCUT2D eigenvalue weighted by Crippen LogP contribution is 2.37. The summed E-state index contributed by atoms with van der Waals surface area (Å²) in [6.45, 7) is 5.73. The Morgan fingerprint density at radius 2 is 1.95 bits per heavy atom. The lowest BCUT2D eigenvalue weighted by molar-refractivity contribution is -0.126. The monoisotopic (exact) mass is 563 g/mol. The summed E-state index contributed by atoms with van der Waals surface area (Å²) in [5, 5.41) is 19.8. The molecule has 3 aromatic rings. The van der Waals surface area contributed by atoms with Gasteiger partial charge in [-0.3, -0.25) is 14.9 Å². The van der Waals surface area contributed by atoms with Crippen LogP contribution in [0.3, 0.4) is 0 Å². The van der Waals surface area contributed by atoms with Crippen molar-refractivity contribution in [3.05, 3.63) is 83.2 Å². The summed E-state index contributed by atoms with van der Waals surface area (Å²) >= 11 is 1.54. The van der Waals surface area contributed by atoms with Gasteiger partial charge in [0, 0.05) is 55.3 Å². The van der Waals surface area contributed by atoms with E-state index in [9.17, 15) is 19.1 Å². The number of carbonyl (C=O) groups is 2. The van der Waals surface area contributed by atoms with Crippen molar-refractivity contribution < 1.29 is 19.1 Å². The average molecular weight is 564 g/mol. The van der Waals surface area contributed by atoms with Crippen LogP contribution in [0.2, 0.25) is 0 Å². The van der Waals surface area contributed by atoms with E-state index in [-0.39, 0.29) is 29.3 Å². The minimum absolute atomic E-state index is 0.0521. The molecule has 40 heavy (non-hydrogen) atoms. The molecule has 0 aliphatic carbocycles. The number of anilines is 1. The third kappa shape index (κ3) is 5.79. The van der Waals surface area contributed by atoms with Gasteiger partial charge in [-0.1, -0.05) is 24.3 Å². The Labute approximate surface area is 237 Å². The number of rotatable bonds is 10. The predicted molar refractivity (Wildman–Crippen MR) is 157 cm³/mol. The van der Waals surface area contributed by atoms with Crippen molar-refractivity contribution in [1.29, 1.82) is 0 Å². The van der Waals surface area contributed by atoms with Crippen LogP contribution in [0.1, 0.15) is 34.5 Å². The van der Waals surface area contributed by atoms with Gasteiger partial charge >= 0.3 is 0 Å². The van der Waals surface area contributed by atoms with Crippen molar-refractivity contribution in [2.75, 3.05) is 43.9 Å². The van der Waals surface area contributed by atoms with Gasteiger partial charge in [-0.05, 0) is 67.1 Å². The zero-order valence-corrected chi connectivity index (χ0v) is 23.4. The summed E-state index contributed by atoms with van der Waals surface area (Å²) in [5.74, 6) is -0.821. The number of hydrogen-bond donors (Lipinski definition) is 4. The van der Waals surface area contributed by atoms with Gasteiger partial charge in [0.05, 0.1) is 0 Å². The highest BCUT2D eigenvalue weighted by Gasteiger charge is 2.39. The molecule has 5 rings (SSSR count). The molecule has 1 saturated heterocycles. The molecule has 0 saturated carbocycles. The number of phenolic OH excluding ortho intramolecular Hbond substituents is 1. The molecule has 0 radical (unpaired) electrons. The molecule has 0 spiro atoms. The molecule has 0 aromatic heterocycles. The van der Waals surface area contributed by atoms with E-state index in [1.807, 2.05) is 37.4 Å². The molecule has 2 heterocycles. The van der Waals surface area contributed by atoms with E-state index >= 15 is 0 Å². The number of amides is 2. The third-order valence-corrected chi connectivity index (χ3v) is 8.41. The second kappa shape index (κ2) is 12.3. The molecule has 10 heteroatoms. The van der Waals surface area contributed by atoms with Crippen molar-refractivity contribution in [2.24, 2.45) is 0 Å². The number of halogens is 1. The minimum Gasteiger partial charge on any atom is -0.508 e. The highest BCUT2D eigenvalue weighted by atomic mass is 32.2. The number of aromatic hydroxyl groups is 1. The summed E-state index contributed by atoms with van der Waals surface area (Å²) < 4.78 is 14.3. The first-order valence-electron chi connectivity index (χ1n) is 13.5. The molecule has 8 nitrogen and oxygen atoms in total. The maximum Gasteiger partial charge on any atom is 0.255 e. The van der Waals surface area contributed by atoms with Crippen molar-refractivity contribution >= 4 is 29.3 Å². The van der Waals surface area contributed by atoms with E-state index in [4.69, 9.17) is 0 Å². The van der Waals surface area contributed by atoms with Gasteiger partial charge in [0.2, 0.25) is 5.91 Å². The molecular formula is C30H34FN5O3S. The fraction of sp³-hybridized carbons (Fsp3) is 0.333. The number of carbonyl (C=O) groups excluding carboxylic acids is 2. The minimum atomic E-state index is -1.20. The molecule has 210 valence electrons. The zero-order valence-electron chi connectivity index (χ0n) is 22.6. The predicted octanol–water partition coefficient (Wildman–Crippen LogP) is 3.68. The Bertz CT molecular complexity index is 1380. The van der Waals surface area contributed by atoms with Gasteiger partial charge in [-0.15, -0.1) is 11.8 Å². The van der Waals surface area contributed by atoms with Crippen LogP contribution in [0.5, 0.6) is 5.75 Å². The molecule has 2 aliphatic heterocycles. The number of thioether (sulfide) groups is 1. The Morgan fingerprint density at radius 1 is 1.18 bits per heavy atom. The molecule has 2 aliphatic rings. The molecule has 1 fully saturated rings. The Kier molecular flexibility index (Phi) is 8.58. The number of fused-ring (bicyclic) bond motifs is 1. The summed E-state index contributed by atoms with van der Waals surface area (Å²) in [6.07, 6.45) is 0. The molecule has 2 amide bonds. The normalized spacial score (nSPS) is 17.1. The van der Waals surface area contributed by atoms with E-state index in [1.165, 1.54) is 22.7 Å². The lowest BCUT2D eigenvalue weighted by Gasteiger charge is -2.29. The van der Waals surface area contributed by atoms with Crippen LogP contribution >= 0.6 is 11.8 Å². The van der Waals surface area contributed by atoms with Crippen LogP contribution in [0, 0.1) is 5.82 Å². The lowest BCUT2D eigenvalue weighted by atomic mass is 10.00. The fourth-order valence-corrected chi connectivity index (χ4v) is 6.12. The van der Waals surface area contributed by atoms with E-state index in [1.54, 1.807) is 0 Å². The van der Waals surface area contributed by atoms with Crippen LogP contribution in [0.15, 0.2) is 60.7 Å². The van der Waals surface area contributed by atoms with Crippen molar-refractivity contribution in [3.8, 4) is 16.9 Å². The quantitative estimate of drug-likeness (QED) is 0.299. The fourth-order valence-electron chi connectivity index (χ4n) is 5.21. The van der Waals surface area contributed by atoms with Crippen LogP contribution in [0.4, 0.5) is 10.1 Å². The maximum absolute atomic E-state index is 14.3. The third-order valence-electron chi connectivity index (χ3n) is 7.35. The first-order valence-corrected chi connectivity index (χ1v) is 14.5. The summed E-state index contributed by atoms with van der Waals surface area (Å²) in [4.78, 5) is 31.0. The van der Waals surface area contributed by atoms with Crippen molar-refractivity contribution in [2.45, 2.75) is 25.0 Å². The number of likely N-dealkylation sites (N-methyl/N-ethyl adjacent to an activating group) is 2. The Balaban J connectivity index is 1.42. The van der Waals surface area contributed by atoms with E-state index in [0.29, 0.717) is 5.56 Å². The lowest BCUT2D eigenvalue weighted by Crippen LogP contribution is -2.46. The maximum atomic E-state index is 14.3. The second-order valence-electron chi connectivity index (χ2n) is 9.85. The van der Waals surface area contributed by atoms with E-state index in [2.05, 4.69) is 39.9 Å². The second-order valence-corrected chi connectivity index (χ2v) is 11.1. The topological polar surface area (TPSA) is 96.9 Å². The SMILES string of the molecule is CCN(CCNC)c1ccc(-c2ccc3c(c2)C(=O)N(C(C(=O)NC2NCCS2)c2cc(F)ccc2O)C3)cc1. The Hall–Kier alpha value is -3.60. The Morgan fingerprint density at radius 3 is 2.65 bits per heavy atom. The van der Waals surface area contributed by atoms with E-state index < -0.39 is 17.8 Å². The first kappa shape index (κ1) is 27.9. The summed E-state index contributed by atoms with van der Waals surface area (Å²) in [7, 11) is 1.94. The van der Waals surface area contributed by atoms with E-state index in [0.717, 1.165) is 66.4 Å². The standard InChI is InChI=1S/C30H34FN5O3S/c1-3-35(14-12-32-2)23-9-6-19(7-10-23)20-4-5-21-18-36(29(39)24(21)16-20)27(25-17-22(31)8-11-26(25)37)28(38)34-30-33-13-15-40-30/h4-11,16-17,27,30,32-33,37H,3,12-15,18H2,1-2H3,(H,34,38). The number of phenols is 1.